The first-order valence-electron chi connectivity index (χ1n) is 6.54. The number of carbonyl (C=O) groups is 4. The van der Waals surface area contributed by atoms with E-state index in [4.69, 9.17) is 0 Å². The smallest absolute Gasteiger partial charge is 0.331 e. The number of likely N-dealkylation sites (tertiary alicyclic amines) is 1. The lowest BCUT2D eigenvalue weighted by Crippen LogP contribution is -2.64. The molecule has 0 radical (unpaired) electrons. The Kier molecular flexibility index (Phi) is 4.01. The summed E-state index contributed by atoms with van der Waals surface area (Å²) in [5.74, 6) is -2.97. The molecule has 0 spiro atoms. The maximum absolute atomic E-state index is 13.4. The van der Waals surface area contributed by atoms with E-state index < -0.39 is 36.0 Å². The first-order valence-corrected chi connectivity index (χ1v) is 6.54. The van der Waals surface area contributed by atoms with Crippen LogP contribution in [0.5, 0.6) is 0 Å². The van der Waals surface area contributed by atoms with Crippen LogP contribution in [0.15, 0.2) is 0 Å². The van der Waals surface area contributed by atoms with Crippen LogP contribution in [-0.2, 0) is 14.4 Å². The molecule has 2 aliphatic rings. The van der Waals surface area contributed by atoms with Crippen molar-refractivity contribution >= 4 is 23.8 Å². The van der Waals surface area contributed by atoms with Crippen LogP contribution < -0.4 is 5.32 Å². The molecule has 2 aliphatic heterocycles. The Morgan fingerprint density at radius 1 is 1.25 bits per heavy atom. The maximum atomic E-state index is 13.4. The molecule has 5 amide bonds. The van der Waals surface area contributed by atoms with Gasteiger partial charge in [-0.05, 0) is 26.2 Å². The molecular formula is C12H16FN3O4. The summed E-state index contributed by atoms with van der Waals surface area (Å²) in [6.07, 6.45) is 0.317. The Labute approximate surface area is 115 Å². The zero-order valence-electron chi connectivity index (χ0n) is 11.1. The predicted molar refractivity (Wildman–Crippen MR) is 65.2 cm³/mol. The molecule has 2 fully saturated rings. The van der Waals surface area contributed by atoms with E-state index in [0.29, 0.717) is 18.0 Å². The summed E-state index contributed by atoms with van der Waals surface area (Å²) in [5, 5.41) is 1.73. The van der Waals surface area contributed by atoms with E-state index in [0.717, 1.165) is 19.3 Å². The van der Waals surface area contributed by atoms with Gasteiger partial charge in [-0.25, -0.2) is 14.1 Å². The minimum Gasteiger partial charge on any atom is -0.341 e. The number of urea groups is 1. The predicted octanol–water partition coefficient (Wildman–Crippen LogP) is -0.196. The largest absolute Gasteiger partial charge is 0.341 e. The van der Waals surface area contributed by atoms with Crippen molar-refractivity contribution in [2.75, 3.05) is 13.1 Å². The maximum Gasteiger partial charge on any atom is 0.331 e. The third-order valence-electron chi connectivity index (χ3n) is 3.55. The number of imide groups is 2. The molecule has 2 heterocycles. The van der Waals surface area contributed by atoms with Crippen molar-refractivity contribution in [2.45, 2.75) is 38.4 Å². The fraction of sp³-hybridized carbons (Fsp3) is 0.667. The van der Waals surface area contributed by atoms with Gasteiger partial charge in [0.2, 0.25) is 5.91 Å². The molecule has 7 nitrogen and oxygen atoms in total. The molecular weight excluding hydrogens is 269 g/mol. The number of hydrogen-bond acceptors (Lipinski definition) is 4. The van der Waals surface area contributed by atoms with Gasteiger partial charge in [-0.1, -0.05) is 0 Å². The van der Waals surface area contributed by atoms with Crippen molar-refractivity contribution in [1.29, 1.82) is 0 Å². The van der Waals surface area contributed by atoms with Crippen LogP contribution in [0.3, 0.4) is 0 Å². The van der Waals surface area contributed by atoms with Crippen molar-refractivity contribution < 1.29 is 23.6 Å². The number of halogens is 1. The number of barbiturate groups is 1. The number of amides is 5. The van der Waals surface area contributed by atoms with Crippen molar-refractivity contribution in [3.05, 3.63) is 0 Å². The van der Waals surface area contributed by atoms with Crippen LogP contribution >= 0.6 is 0 Å². The van der Waals surface area contributed by atoms with Gasteiger partial charge in [-0.3, -0.25) is 19.7 Å². The topological polar surface area (TPSA) is 86.8 Å². The van der Waals surface area contributed by atoms with E-state index in [1.807, 2.05) is 0 Å². The molecule has 0 aromatic carbocycles. The Morgan fingerprint density at radius 2 is 1.85 bits per heavy atom. The fourth-order valence-electron chi connectivity index (χ4n) is 2.42. The van der Waals surface area contributed by atoms with Crippen LogP contribution in [0, 0.1) is 0 Å². The number of carbonyl (C=O) groups excluding carboxylic acids is 4. The Hall–Kier alpha value is -1.99. The standard InChI is InChI=1S/C12H16FN3O4/c1-7(10(18)15-5-3-2-4-6-15)16-11(19)8(13)9(17)14-12(16)20/h7-8H,2-6H2,1H3,(H,14,17,20). The summed E-state index contributed by atoms with van der Waals surface area (Å²) in [7, 11) is 0. The normalized spacial score (nSPS) is 25.5. The second-order valence-electron chi connectivity index (χ2n) is 4.93. The van der Waals surface area contributed by atoms with Crippen LogP contribution in [0.25, 0.3) is 0 Å². The lowest BCUT2D eigenvalue weighted by molar-refractivity contribution is -0.151. The average molecular weight is 285 g/mol. The van der Waals surface area contributed by atoms with E-state index in [1.54, 1.807) is 10.2 Å². The van der Waals surface area contributed by atoms with E-state index in [1.165, 1.54) is 6.92 Å². The monoisotopic (exact) mass is 285 g/mol. The number of nitrogens with one attached hydrogen (secondary N) is 1. The molecule has 0 saturated carbocycles. The molecule has 2 saturated heterocycles. The average Bonchev–Trinajstić information content (AvgIpc) is 2.45. The molecule has 0 bridgehead atoms. The summed E-state index contributed by atoms with van der Waals surface area (Å²) in [6.45, 7) is 2.48. The molecule has 2 rings (SSSR count). The Morgan fingerprint density at radius 3 is 2.45 bits per heavy atom. The second kappa shape index (κ2) is 5.56. The van der Waals surface area contributed by atoms with Crippen LogP contribution in [0.4, 0.5) is 9.18 Å². The molecule has 0 aromatic rings. The van der Waals surface area contributed by atoms with Crippen LogP contribution in [0.2, 0.25) is 0 Å². The van der Waals surface area contributed by atoms with Gasteiger partial charge in [0.05, 0.1) is 0 Å². The van der Waals surface area contributed by atoms with E-state index in [2.05, 4.69) is 0 Å². The molecule has 2 atom stereocenters. The molecule has 8 heteroatoms. The molecule has 0 aromatic heterocycles. The first-order chi connectivity index (χ1) is 9.43. The SMILES string of the molecule is CC(C(=O)N1CCCCC1)N1C(=O)NC(=O)C(F)C1=O. The van der Waals surface area contributed by atoms with Gasteiger partial charge in [0.25, 0.3) is 18.0 Å². The molecule has 2 unspecified atom stereocenters. The highest BCUT2D eigenvalue weighted by Gasteiger charge is 2.45. The van der Waals surface area contributed by atoms with Gasteiger partial charge in [0, 0.05) is 13.1 Å². The zero-order valence-corrected chi connectivity index (χ0v) is 11.1. The van der Waals surface area contributed by atoms with Gasteiger partial charge < -0.3 is 4.90 Å². The second-order valence-corrected chi connectivity index (χ2v) is 4.93. The minimum absolute atomic E-state index is 0.408. The molecule has 20 heavy (non-hydrogen) atoms. The van der Waals surface area contributed by atoms with Gasteiger partial charge in [-0.15, -0.1) is 0 Å². The van der Waals surface area contributed by atoms with E-state index in [9.17, 15) is 23.6 Å². The third kappa shape index (κ3) is 2.50. The van der Waals surface area contributed by atoms with Crippen molar-refractivity contribution in [3.63, 3.8) is 0 Å². The highest BCUT2D eigenvalue weighted by atomic mass is 19.1. The highest BCUT2D eigenvalue weighted by molar-refractivity contribution is 6.19. The molecule has 110 valence electrons. The van der Waals surface area contributed by atoms with E-state index >= 15 is 0 Å². The first kappa shape index (κ1) is 14.4. The van der Waals surface area contributed by atoms with Crippen molar-refractivity contribution in [3.8, 4) is 0 Å². The summed E-state index contributed by atoms with van der Waals surface area (Å²) in [4.78, 5) is 48.6. The summed E-state index contributed by atoms with van der Waals surface area (Å²) in [5.41, 5.74) is 0. The van der Waals surface area contributed by atoms with Crippen LogP contribution in [0.1, 0.15) is 26.2 Å². The number of rotatable bonds is 2. The highest BCUT2D eigenvalue weighted by Crippen LogP contribution is 2.16. The number of nitrogens with zero attached hydrogens (tertiary/aromatic N) is 2. The third-order valence-corrected chi connectivity index (χ3v) is 3.55. The lowest BCUT2D eigenvalue weighted by Gasteiger charge is -2.35. The number of alkyl halides is 1. The lowest BCUT2D eigenvalue weighted by atomic mass is 10.1. The van der Waals surface area contributed by atoms with Gasteiger partial charge in [0.15, 0.2) is 0 Å². The zero-order chi connectivity index (χ0) is 14.9. The molecule has 1 N–H and O–H groups in total. The number of piperidine rings is 1. The fourth-order valence-corrected chi connectivity index (χ4v) is 2.42. The van der Waals surface area contributed by atoms with Crippen molar-refractivity contribution in [1.82, 2.24) is 15.1 Å². The van der Waals surface area contributed by atoms with Gasteiger partial charge >= 0.3 is 6.03 Å². The van der Waals surface area contributed by atoms with Gasteiger partial charge in [-0.2, -0.15) is 0 Å². The summed E-state index contributed by atoms with van der Waals surface area (Å²) >= 11 is 0. The van der Waals surface area contributed by atoms with E-state index in [-0.39, 0.29) is 0 Å². The van der Waals surface area contributed by atoms with Crippen LogP contribution in [-0.4, -0.2) is 58.9 Å². The number of hydrogen-bond donors (Lipinski definition) is 1. The summed E-state index contributed by atoms with van der Waals surface area (Å²) in [6, 6.07) is -2.17. The Balaban J connectivity index is 2.12. The Bertz CT molecular complexity index is 462. The minimum atomic E-state index is -2.44. The van der Waals surface area contributed by atoms with Gasteiger partial charge in [0.1, 0.15) is 6.04 Å². The summed E-state index contributed by atoms with van der Waals surface area (Å²) < 4.78 is 13.4. The van der Waals surface area contributed by atoms with Crippen molar-refractivity contribution in [2.24, 2.45) is 0 Å². The quantitative estimate of drug-likeness (QED) is 0.712. The molecule has 0 aliphatic carbocycles.